The van der Waals surface area contributed by atoms with Crippen LogP contribution in [0.25, 0.3) is 10.8 Å². The number of benzene rings is 1. The number of hydrogen-bond donors (Lipinski definition) is 1. The Balaban J connectivity index is 1.33. The predicted octanol–water partition coefficient (Wildman–Crippen LogP) is 3.54. The number of nitrogens with one attached hydrogen (secondary N) is 1. The lowest BCUT2D eigenvalue weighted by atomic mass is 9.90. The number of hydrogen-bond acceptors (Lipinski definition) is 5. The van der Waals surface area contributed by atoms with E-state index in [1.807, 2.05) is 17.5 Å². The quantitative estimate of drug-likeness (QED) is 0.762. The highest BCUT2D eigenvalue weighted by molar-refractivity contribution is 7.13. The third-order valence-corrected chi connectivity index (χ3v) is 5.27. The normalized spacial score (nSPS) is 13.4. The number of aryl methyl sites for hydroxylation is 2. The van der Waals surface area contributed by atoms with Gasteiger partial charge in [-0.2, -0.15) is 0 Å². The molecule has 1 aromatic carbocycles. The smallest absolute Gasteiger partial charge is 0.257 e. The molecule has 0 atom stereocenters. The van der Waals surface area contributed by atoms with Crippen LogP contribution >= 0.6 is 11.3 Å². The number of carbonyl (C=O) groups is 1. The van der Waals surface area contributed by atoms with Gasteiger partial charge in [-0.05, 0) is 53.8 Å². The molecule has 0 bridgehead atoms. The average molecular weight is 353 g/mol. The molecule has 0 saturated carbocycles. The van der Waals surface area contributed by atoms with Crippen molar-refractivity contribution in [3.05, 3.63) is 58.3 Å². The van der Waals surface area contributed by atoms with Crippen LogP contribution in [-0.2, 0) is 30.6 Å². The molecule has 2 heterocycles. The molecular weight excluding hydrogens is 334 g/mol. The van der Waals surface area contributed by atoms with Gasteiger partial charge >= 0.3 is 0 Å². The van der Waals surface area contributed by atoms with E-state index in [4.69, 9.17) is 4.42 Å². The summed E-state index contributed by atoms with van der Waals surface area (Å²) in [5.41, 5.74) is 3.89. The maximum absolute atomic E-state index is 12.2. The summed E-state index contributed by atoms with van der Waals surface area (Å²) in [6, 6.07) is 10.3. The summed E-state index contributed by atoms with van der Waals surface area (Å²) in [5.74, 6) is 0.878. The van der Waals surface area contributed by atoms with E-state index in [1.54, 1.807) is 11.3 Å². The zero-order valence-electron chi connectivity index (χ0n) is 13.8. The van der Waals surface area contributed by atoms with Crippen LogP contribution in [-0.4, -0.2) is 16.1 Å². The molecule has 4 rings (SSSR count). The summed E-state index contributed by atoms with van der Waals surface area (Å²) in [4.78, 5) is 13.1. The molecule has 2 aromatic heterocycles. The van der Waals surface area contributed by atoms with Gasteiger partial charge in [-0.1, -0.05) is 24.3 Å². The maximum Gasteiger partial charge on any atom is 0.257 e. The first-order valence-electron chi connectivity index (χ1n) is 8.51. The van der Waals surface area contributed by atoms with Crippen molar-refractivity contribution in [2.45, 2.75) is 38.6 Å². The Morgan fingerprint density at radius 2 is 2.04 bits per heavy atom. The lowest BCUT2D eigenvalue weighted by Gasteiger charge is -2.16. The monoisotopic (exact) mass is 353 g/mol. The van der Waals surface area contributed by atoms with Gasteiger partial charge in [-0.3, -0.25) is 4.79 Å². The summed E-state index contributed by atoms with van der Waals surface area (Å²) in [6.07, 6.45) is 5.17. The molecule has 1 aliphatic carbocycles. The number of fused-ring (bicyclic) bond motifs is 1. The number of carbonyl (C=O) groups excluding carboxylic acids is 1. The molecule has 0 unspecified atom stereocenters. The molecule has 25 heavy (non-hydrogen) atoms. The van der Waals surface area contributed by atoms with Crippen LogP contribution in [0, 0.1) is 0 Å². The minimum absolute atomic E-state index is 0.0355. The fourth-order valence-electron chi connectivity index (χ4n) is 3.14. The van der Waals surface area contributed by atoms with Gasteiger partial charge in [0.2, 0.25) is 11.8 Å². The second-order valence-corrected chi connectivity index (χ2v) is 7.19. The van der Waals surface area contributed by atoms with E-state index in [0.29, 0.717) is 18.2 Å². The molecule has 1 amide bonds. The van der Waals surface area contributed by atoms with Gasteiger partial charge in [0.05, 0.1) is 17.8 Å². The Morgan fingerprint density at radius 3 is 2.88 bits per heavy atom. The highest BCUT2D eigenvalue weighted by Crippen LogP contribution is 2.23. The number of aromatic nitrogens is 2. The van der Waals surface area contributed by atoms with Gasteiger partial charge in [0, 0.05) is 0 Å². The van der Waals surface area contributed by atoms with Crippen LogP contribution < -0.4 is 5.32 Å². The van der Waals surface area contributed by atoms with Crippen LogP contribution in [0.15, 0.2) is 40.1 Å². The number of amides is 1. The van der Waals surface area contributed by atoms with Gasteiger partial charge in [0.1, 0.15) is 0 Å². The first-order valence-corrected chi connectivity index (χ1v) is 9.39. The largest absolute Gasteiger partial charge is 0.418 e. The molecule has 128 valence electrons. The summed E-state index contributed by atoms with van der Waals surface area (Å²) in [6.45, 7) is 0.252. The molecule has 0 fully saturated rings. The van der Waals surface area contributed by atoms with Gasteiger partial charge in [-0.15, -0.1) is 21.5 Å². The van der Waals surface area contributed by atoms with Gasteiger partial charge in [0.15, 0.2) is 0 Å². The van der Waals surface area contributed by atoms with Crippen LogP contribution in [0.5, 0.6) is 0 Å². The minimum Gasteiger partial charge on any atom is -0.418 e. The fourth-order valence-corrected chi connectivity index (χ4v) is 3.79. The molecule has 1 N–H and O–H groups in total. The van der Waals surface area contributed by atoms with Crippen molar-refractivity contribution in [1.29, 1.82) is 0 Å². The molecular formula is C19H19N3O2S. The molecule has 5 nitrogen and oxygen atoms in total. The van der Waals surface area contributed by atoms with Crippen LogP contribution in [0.1, 0.15) is 35.4 Å². The lowest BCUT2D eigenvalue weighted by Crippen LogP contribution is -2.24. The van der Waals surface area contributed by atoms with Crippen molar-refractivity contribution in [1.82, 2.24) is 15.5 Å². The number of nitrogens with zero attached hydrogens (tertiary/aromatic N) is 2. The van der Waals surface area contributed by atoms with E-state index < -0.39 is 0 Å². The zero-order chi connectivity index (χ0) is 17.1. The minimum atomic E-state index is -0.0355. The molecule has 0 aliphatic heterocycles. The first-order chi connectivity index (χ1) is 12.3. The molecule has 1 aliphatic rings. The van der Waals surface area contributed by atoms with Crippen molar-refractivity contribution in [3.63, 3.8) is 0 Å². The Kier molecular flexibility index (Phi) is 4.61. The third kappa shape index (κ3) is 3.79. The lowest BCUT2D eigenvalue weighted by molar-refractivity contribution is -0.120. The van der Waals surface area contributed by atoms with Gasteiger partial charge in [0.25, 0.3) is 5.89 Å². The van der Waals surface area contributed by atoms with E-state index in [-0.39, 0.29) is 12.5 Å². The van der Waals surface area contributed by atoms with Crippen LogP contribution in [0.4, 0.5) is 0 Å². The highest BCUT2D eigenvalue weighted by Gasteiger charge is 2.13. The Bertz CT molecular complexity index is 871. The molecule has 0 spiro atoms. The summed E-state index contributed by atoms with van der Waals surface area (Å²) in [7, 11) is 0. The highest BCUT2D eigenvalue weighted by atomic mass is 32.1. The third-order valence-electron chi connectivity index (χ3n) is 4.41. The fraction of sp³-hybridized carbons (Fsp3) is 0.316. The molecule has 3 aromatic rings. The van der Waals surface area contributed by atoms with Gasteiger partial charge < -0.3 is 9.73 Å². The summed E-state index contributed by atoms with van der Waals surface area (Å²) in [5, 5.41) is 12.8. The van der Waals surface area contributed by atoms with E-state index in [0.717, 1.165) is 23.3 Å². The molecule has 0 saturated heterocycles. The van der Waals surface area contributed by atoms with Crippen molar-refractivity contribution in [2.24, 2.45) is 0 Å². The van der Waals surface area contributed by atoms with Crippen molar-refractivity contribution >= 4 is 17.2 Å². The maximum atomic E-state index is 12.2. The number of thiophene rings is 1. The van der Waals surface area contributed by atoms with Crippen molar-refractivity contribution in [2.75, 3.05) is 0 Å². The van der Waals surface area contributed by atoms with E-state index in [9.17, 15) is 4.79 Å². The van der Waals surface area contributed by atoms with Gasteiger partial charge in [-0.25, -0.2) is 0 Å². The van der Waals surface area contributed by atoms with Crippen molar-refractivity contribution in [3.8, 4) is 10.8 Å². The average Bonchev–Trinajstić information content (AvgIpc) is 3.31. The molecule has 0 radical (unpaired) electrons. The second-order valence-electron chi connectivity index (χ2n) is 6.24. The SMILES string of the molecule is O=C(Cc1ccc2c(c1)CCCC2)NCc1nnc(-c2cccs2)o1. The number of rotatable bonds is 5. The van der Waals surface area contributed by atoms with E-state index in [1.165, 1.54) is 24.0 Å². The Hall–Kier alpha value is -2.47. The Morgan fingerprint density at radius 1 is 1.16 bits per heavy atom. The first kappa shape index (κ1) is 16.0. The second kappa shape index (κ2) is 7.19. The standard InChI is InChI=1S/C19H19N3O2S/c23-17(11-13-7-8-14-4-1-2-5-15(14)10-13)20-12-18-21-22-19(24-18)16-6-3-9-25-16/h3,6-10H,1-2,4-5,11-12H2,(H,20,23). The topological polar surface area (TPSA) is 68.0 Å². The van der Waals surface area contributed by atoms with Crippen molar-refractivity contribution < 1.29 is 9.21 Å². The summed E-state index contributed by atoms with van der Waals surface area (Å²) >= 11 is 1.54. The summed E-state index contributed by atoms with van der Waals surface area (Å²) < 4.78 is 5.58. The Labute approximate surface area is 150 Å². The van der Waals surface area contributed by atoms with Crippen LogP contribution in [0.2, 0.25) is 0 Å². The zero-order valence-corrected chi connectivity index (χ0v) is 14.6. The van der Waals surface area contributed by atoms with Crippen LogP contribution in [0.3, 0.4) is 0 Å². The van der Waals surface area contributed by atoms with E-state index in [2.05, 4.69) is 33.7 Å². The molecule has 6 heteroatoms. The van der Waals surface area contributed by atoms with E-state index >= 15 is 0 Å². The predicted molar refractivity (Wildman–Crippen MR) is 96.2 cm³/mol.